The summed E-state index contributed by atoms with van der Waals surface area (Å²) in [5.41, 5.74) is -0.611. The number of rotatable bonds is 4. The Bertz CT molecular complexity index is 381. The predicted molar refractivity (Wildman–Crippen MR) is 67.9 cm³/mol. The van der Waals surface area contributed by atoms with Crippen LogP contribution in [-0.2, 0) is 4.79 Å². The van der Waals surface area contributed by atoms with Crippen molar-refractivity contribution in [1.29, 1.82) is 0 Å². The Kier molecular flexibility index (Phi) is 3.51. The van der Waals surface area contributed by atoms with Gasteiger partial charge in [-0.15, -0.1) is 11.3 Å². The van der Waals surface area contributed by atoms with Gasteiger partial charge in [0.2, 0.25) is 5.91 Å². The zero-order chi connectivity index (χ0) is 12.5. The molecule has 2 rings (SSSR count). The molecule has 1 unspecified atom stereocenters. The summed E-state index contributed by atoms with van der Waals surface area (Å²) in [7, 11) is 0. The minimum Gasteiger partial charge on any atom is -0.388 e. The summed E-state index contributed by atoms with van der Waals surface area (Å²) >= 11 is 1.64. The van der Waals surface area contributed by atoms with Gasteiger partial charge in [0.1, 0.15) is 0 Å². The van der Waals surface area contributed by atoms with E-state index in [1.165, 1.54) is 0 Å². The molecule has 94 valence electrons. The molecule has 0 spiro atoms. The van der Waals surface area contributed by atoms with Gasteiger partial charge in [0, 0.05) is 18.0 Å². The Labute approximate surface area is 105 Å². The fourth-order valence-electron chi connectivity index (χ4n) is 2.13. The number of aliphatic hydroxyl groups is 1. The van der Waals surface area contributed by atoms with Crippen molar-refractivity contribution >= 4 is 17.2 Å². The molecule has 0 aliphatic carbocycles. The monoisotopic (exact) mass is 254 g/mol. The number of hydrogen-bond donors (Lipinski definition) is 2. The SMILES string of the molecule is CC(NC(=O)CN1CC(C)(O)C1)c1cccs1. The molecule has 4 nitrogen and oxygen atoms in total. The maximum Gasteiger partial charge on any atom is 0.234 e. The van der Waals surface area contributed by atoms with Crippen LogP contribution < -0.4 is 5.32 Å². The van der Waals surface area contributed by atoms with Crippen LogP contribution in [0.25, 0.3) is 0 Å². The van der Waals surface area contributed by atoms with Crippen molar-refractivity contribution < 1.29 is 9.90 Å². The van der Waals surface area contributed by atoms with E-state index in [4.69, 9.17) is 0 Å². The molecule has 1 aromatic rings. The lowest BCUT2D eigenvalue weighted by Gasteiger charge is -2.43. The van der Waals surface area contributed by atoms with E-state index in [0.29, 0.717) is 19.6 Å². The van der Waals surface area contributed by atoms with E-state index in [-0.39, 0.29) is 11.9 Å². The normalized spacial score (nSPS) is 20.6. The van der Waals surface area contributed by atoms with E-state index < -0.39 is 5.60 Å². The first kappa shape index (κ1) is 12.5. The fourth-order valence-corrected chi connectivity index (χ4v) is 2.86. The predicted octanol–water partition coefficient (Wildman–Crippen LogP) is 0.992. The van der Waals surface area contributed by atoms with Crippen molar-refractivity contribution in [3.05, 3.63) is 22.4 Å². The van der Waals surface area contributed by atoms with Crippen LogP contribution in [0.3, 0.4) is 0 Å². The zero-order valence-corrected chi connectivity index (χ0v) is 11.0. The summed E-state index contributed by atoms with van der Waals surface area (Å²) < 4.78 is 0. The smallest absolute Gasteiger partial charge is 0.234 e. The molecular weight excluding hydrogens is 236 g/mol. The summed E-state index contributed by atoms with van der Waals surface area (Å²) in [6, 6.07) is 4.06. The largest absolute Gasteiger partial charge is 0.388 e. The van der Waals surface area contributed by atoms with Crippen molar-refractivity contribution in [2.24, 2.45) is 0 Å². The van der Waals surface area contributed by atoms with Crippen LogP contribution in [0.15, 0.2) is 17.5 Å². The second-order valence-corrected chi connectivity index (χ2v) is 5.93. The standard InChI is InChI=1S/C12H18N2O2S/c1-9(10-4-3-5-17-10)13-11(15)6-14-7-12(2,16)8-14/h3-5,9,16H,6-8H2,1-2H3,(H,13,15). The molecule has 2 heterocycles. The van der Waals surface area contributed by atoms with Crippen LogP contribution in [0, 0.1) is 0 Å². The quantitative estimate of drug-likeness (QED) is 0.842. The van der Waals surface area contributed by atoms with E-state index in [1.54, 1.807) is 18.3 Å². The van der Waals surface area contributed by atoms with Crippen LogP contribution in [0.5, 0.6) is 0 Å². The molecule has 0 radical (unpaired) electrons. The van der Waals surface area contributed by atoms with E-state index in [1.807, 2.05) is 29.3 Å². The number of likely N-dealkylation sites (tertiary alicyclic amines) is 1. The van der Waals surface area contributed by atoms with Crippen molar-refractivity contribution in [3.8, 4) is 0 Å². The fraction of sp³-hybridized carbons (Fsp3) is 0.583. The number of amides is 1. The molecule has 0 aromatic carbocycles. The molecule has 1 saturated heterocycles. The molecule has 0 saturated carbocycles. The van der Waals surface area contributed by atoms with Gasteiger partial charge in [-0.25, -0.2) is 0 Å². The average Bonchev–Trinajstić information content (AvgIpc) is 2.66. The first-order valence-corrected chi connectivity index (χ1v) is 6.62. The highest BCUT2D eigenvalue weighted by atomic mass is 32.1. The van der Waals surface area contributed by atoms with Crippen molar-refractivity contribution in [1.82, 2.24) is 10.2 Å². The maximum atomic E-state index is 11.7. The van der Waals surface area contributed by atoms with Crippen LogP contribution in [0.2, 0.25) is 0 Å². The number of nitrogens with one attached hydrogen (secondary N) is 1. The molecule has 1 aromatic heterocycles. The van der Waals surface area contributed by atoms with Gasteiger partial charge in [-0.2, -0.15) is 0 Å². The van der Waals surface area contributed by atoms with Gasteiger partial charge < -0.3 is 10.4 Å². The van der Waals surface area contributed by atoms with Crippen molar-refractivity contribution in [2.45, 2.75) is 25.5 Å². The van der Waals surface area contributed by atoms with E-state index >= 15 is 0 Å². The lowest BCUT2D eigenvalue weighted by molar-refractivity contribution is -0.130. The number of carbonyl (C=O) groups is 1. The van der Waals surface area contributed by atoms with Gasteiger partial charge >= 0.3 is 0 Å². The second kappa shape index (κ2) is 4.76. The molecule has 1 aliphatic heterocycles. The first-order chi connectivity index (χ1) is 7.96. The summed E-state index contributed by atoms with van der Waals surface area (Å²) in [5.74, 6) is 0.0152. The summed E-state index contributed by atoms with van der Waals surface area (Å²) in [5, 5.41) is 14.5. The van der Waals surface area contributed by atoms with Gasteiger partial charge in [-0.05, 0) is 25.3 Å². The summed E-state index contributed by atoms with van der Waals surface area (Å²) in [6.07, 6.45) is 0. The van der Waals surface area contributed by atoms with Crippen LogP contribution in [-0.4, -0.2) is 41.1 Å². The Morgan fingerprint density at radius 2 is 2.41 bits per heavy atom. The van der Waals surface area contributed by atoms with Gasteiger partial charge in [-0.3, -0.25) is 9.69 Å². The second-order valence-electron chi connectivity index (χ2n) is 4.95. The first-order valence-electron chi connectivity index (χ1n) is 5.74. The molecule has 17 heavy (non-hydrogen) atoms. The lowest BCUT2D eigenvalue weighted by Crippen LogP contribution is -2.61. The average molecular weight is 254 g/mol. The third-order valence-corrected chi connectivity index (χ3v) is 3.90. The highest BCUT2D eigenvalue weighted by Crippen LogP contribution is 2.20. The Balaban J connectivity index is 1.75. The van der Waals surface area contributed by atoms with Crippen molar-refractivity contribution in [2.75, 3.05) is 19.6 Å². The third kappa shape index (κ3) is 3.28. The molecule has 1 atom stereocenters. The van der Waals surface area contributed by atoms with Crippen LogP contribution in [0.1, 0.15) is 24.8 Å². The molecular formula is C12H18N2O2S. The van der Waals surface area contributed by atoms with Gasteiger partial charge in [0.05, 0.1) is 18.2 Å². The molecule has 1 aliphatic rings. The molecule has 0 bridgehead atoms. The minimum atomic E-state index is -0.611. The summed E-state index contributed by atoms with van der Waals surface area (Å²) in [6.45, 7) is 5.29. The number of hydrogen-bond acceptors (Lipinski definition) is 4. The van der Waals surface area contributed by atoms with Crippen LogP contribution in [0.4, 0.5) is 0 Å². The minimum absolute atomic E-state index is 0.0152. The van der Waals surface area contributed by atoms with E-state index in [0.717, 1.165) is 4.88 Å². The third-order valence-electron chi connectivity index (χ3n) is 2.84. The highest BCUT2D eigenvalue weighted by Gasteiger charge is 2.37. The Morgan fingerprint density at radius 3 is 2.94 bits per heavy atom. The highest BCUT2D eigenvalue weighted by molar-refractivity contribution is 7.10. The van der Waals surface area contributed by atoms with Crippen molar-refractivity contribution in [3.63, 3.8) is 0 Å². The maximum absolute atomic E-state index is 11.7. The number of carbonyl (C=O) groups excluding carboxylic acids is 1. The molecule has 1 amide bonds. The Morgan fingerprint density at radius 1 is 1.71 bits per heavy atom. The van der Waals surface area contributed by atoms with Gasteiger partial charge in [-0.1, -0.05) is 6.07 Å². The van der Waals surface area contributed by atoms with Crippen LogP contribution >= 0.6 is 11.3 Å². The molecule has 5 heteroatoms. The number of thiophene rings is 1. The van der Waals surface area contributed by atoms with Gasteiger partial charge in [0.15, 0.2) is 0 Å². The van der Waals surface area contributed by atoms with Gasteiger partial charge in [0.25, 0.3) is 0 Å². The summed E-state index contributed by atoms with van der Waals surface area (Å²) in [4.78, 5) is 14.8. The van der Waals surface area contributed by atoms with E-state index in [9.17, 15) is 9.90 Å². The number of β-amino-alcohol motifs (C(OH)–C–C–N with tert-alkyl or cyclic N) is 1. The lowest BCUT2D eigenvalue weighted by atomic mass is 9.97. The molecule has 1 fully saturated rings. The molecule has 2 N–H and O–H groups in total. The Hall–Kier alpha value is -0.910. The topological polar surface area (TPSA) is 52.6 Å². The zero-order valence-electron chi connectivity index (χ0n) is 10.1. The number of nitrogens with zero attached hydrogens (tertiary/aromatic N) is 1. The van der Waals surface area contributed by atoms with E-state index in [2.05, 4.69) is 5.32 Å².